The fourth-order valence-corrected chi connectivity index (χ4v) is 2.23. The van der Waals surface area contributed by atoms with Crippen molar-refractivity contribution in [2.75, 3.05) is 18.0 Å². The van der Waals surface area contributed by atoms with Gasteiger partial charge in [-0.15, -0.1) is 0 Å². The van der Waals surface area contributed by atoms with Gasteiger partial charge in [0.2, 0.25) is 0 Å². The fraction of sp³-hybridized carbons (Fsp3) is 0.700. The van der Waals surface area contributed by atoms with Gasteiger partial charge in [-0.2, -0.15) is 0 Å². The second-order valence-corrected chi connectivity index (χ2v) is 4.80. The number of anilines is 1. The lowest BCUT2D eigenvalue weighted by molar-refractivity contribution is 0.577. The zero-order valence-corrected chi connectivity index (χ0v) is 15.9. The predicted molar refractivity (Wildman–Crippen MR) is 101 cm³/mol. The van der Waals surface area contributed by atoms with E-state index < -0.39 is 0 Å². The van der Waals surface area contributed by atoms with Gasteiger partial charge in [-0.05, 0) is 42.9 Å². The Kier molecular flexibility index (Phi) is 16.4. The zero-order chi connectivity index (χ0) is 16.7. The number of hydrogen-bond acceptors (Lipinski definition) is 1. The molecular formula is C20H39N. The van der Waals surface area contributed by atoms with Crippen LogP contribution in [-0.4, -0.2) is 13.1 Å². The predicted octanol–water partition coefficient (Wildman–Crippen LogP) is 6.88. The first-order valence-corrected chi connectivity index (χ1v) is 9.12. The summed E-state index contributed by atoms with van der Waals surface area (Å²) in [6, 6.07) is 9.03. The van der Waals surface area contributed by atoms with E-state index in [4.69, 9.17) is 0 Å². The molecule has 0 spiro atoms. The second kappa shape index (κ2) is 15.4. The van der Waals surface area contributed by atoms with Crippen LogP contribution >= 0.6 is 0 Å². The van der Waals surface area contributed by atoms with Gasteiger partial charge in [0.05, 0.1) is 0 Å². The Labute approximate surface area is 134 Å². The summed E-state index contributed by atoms with van der Waals surface area (Å²) in [6.07, 6.45) is 4.11. The molecule has 1 heteroatoms. The van der Waals surface area contributed by atoms with E-state index in [1.54, 1.807) is 0 Å². The summed E-state index contributed by atoms with van der Waals surface area (Å²) in [7, 11) is 0. The van der Waals surface area contributed by atoms with Crippen LogP contribution < -0.4 is 4.90 Å². The quantitative estimate of drug-likeness (QED) is 0.574. The number of nitrogens with zero attached hydrogens (tertiary/aromatic N) is 1. The van der Waals surface area contributed by atoms with Crippen molar-refractivity contribution >= 4 is 5.69 Å². The molecule has 21 heavy (non-hydrogen) atoms. The van der Waals surface area contributed by atoms with Gasteiger partial charge < -0.3 is 4.90 Å². The van der Waals surface area contributed by atoms with Gasteiger partial charge in [-0.1, -0.05) is 67.5 Å². The molecule has 0 bridgehead atoms. The SMILES string of the molecule is CC.CC.CC.CC(C)c1cccc(N2CCCCC2)c1. The van der Waals surface area contributed by atoms with Crippen LogP contribution in [0.2, 0.25) is 0 Å². The summed E-state index contributed by atoms with van der Waals surface area (Å²) in [5.74, 6) is 0.634. The first kappa shape index (κ1) is 22.3. The zero-order valence-electron chi connectivity index (χ0n) is 15.9. The van der Waals surface area contributed by atoms with Crippen LogP contribution in [0.1, 0.15) is 86.1 Å². The smallest absolute Gasteiger partial charge is 0.0369 e. The van der Waals surface area contributed by atoms with Gasteiger partial charge in [0, 0.05) is 18.8 Å². The van der Waals surface area contributed by atoms with Gasteiger partial charge >= 0.3 is 0 Å². The molecule has 1 aromatic carbocycles. The van der Waals surface area contributed by atoms with E-state index in [-0.39, 0.29) is 0 Å². The number of rotatable bonds is 2. The molecule has 0 radical (unpaired) electrons. The third-order valence-corrected chi connectivity index (χ3v) is 3.26. The lowest BCUT2D eigenvalue weighted by atomic mass is 10.0. The van der Waals surface area contributed by atoms with Crippen LogP contribution in [0.5, 0.6) is 0 Å². The molecule has 1 aliphatic heterocycles. The Morgan fingerprint density at radius 2 is 1.33 bits per heavy atom. The third kappa shape index (κ3) is 8.80. The average Bonchev–Trinajstić information content (AvgIpc) is 2.61. The second-order valence-electron chi connectivity index (χ2n) is 4.80. The Morgan fingerprint density at radius 3 is 1.81 bits per heavy atom. The summed E-state index contributed by atoms with van der Waals surface area (Å²) >= 11 is 0. The van der Waals surface area contributed by atoms with E-state index in [9.17, 15) is 0 Å². The molecule has 0 aromatic heterocycles. The van der Waals surface area contributed by atoms with Crippen molar-refractivity contribution in [2.45, 2.75) is 80.6 Å². The van der Waals surface area contributed by atoms with Crippen molar-refractivity contribution in [2.24, 2.45) is 0 Å². The highest BCUT2D eigenvalue weighted by Crippen LogP contribution is 2.24. The maximum absolute atomic E-state index is 2.52. The Bertz CT molecular complexity index is 311. The van der Waals surface area contributed by atoms with E-state index >= 15 is 0 Å². The van der Waals surface area contributed by atoms with E-state index in [0.29, 0.717) is 5.92 Å². The summed E-state index contributed by atoms with van der Waals surface area (Å²) < 4.78 is 0. The van der Waals surface area contributed by atoms with Gasteiger partial charge in [0.15, 0.2) is 0 Å². The Morgan fingerprint density at radius 1 is 0.810 bits per heavy atom. The minimum Gasteiger partial charge on any atom is -0.372 e. The van der Waals surface area contributed by atoms with Gasteiger partial charge in [0.25, 0.3) is 0 Å². The lowest BCUT2D eigenvalue weighted by Crippen LogP contribution is -2.29. The van der Waals surface area contributed by atoms with Crippen LogP contribution in [0.15, 0.2) is 24.3 Å². The van der Waals surface area contributed by atoms with Crippen LogP contribution in [0, 0.1) is 0 Å². The normalized spacial score (nSPS) is 13.1. The Balaban J connectivity index is 0. The summed E-state index contributed by atoms with van der Waals surface area (Å²) in [6.45, 7) is 19.0. The molecule has 1 aromatic rings. The molecule has 2 rings (SSSR count). The molecule has 0 atom stereocenters. The van der Waals surface area contributed by atoms with Crippen LogP contribution in [0.25, 0.3) is 0 Å². The van der Waals surface area contributed by atoms with Crippen LogP contribution in [0.3, 0.4) is 0 Å². The minimum atomic E-state index is 0.634. The summed E-state index contributed by atoms with van der Waals surface area (Å²) in [4.78, 5) is 2.52. The van der Waals surface area contributed by atoms with Crippen molar-refractivity contribution in [1.82, 2.24) is 0 Å². The Hall–Kier alpha value is -0.980. The molecular weight excluding hydrogens is 254 g/mol. The molecule has 1 nitrogen and oxygen atoms in total. The van der Waals surface area contributed by atoms with Crippen LogP contribution in [-0.2, 0) is 0 Å². The molecule has 1 heterocycles. The lowest BCUT2D eigenvalue weighted by Gasteiger charge is -2.29. The molecule has 0 aliphatic carbocycles. The standard InChI is InChI=1S/C14H21N.3C2H6/c1-12(2)13-7-6-8-14(11-13)15-9-4-3-5-10-15;3*1-2/h6-8,11-12H,3-5,9-10H2,1-2H3;3*1-2H3. The van der Waals surface area contributed by atoms with Crippen molar-refractivity contribution < 1.29 is 0 Å². The molecule has 0 saturated carbocycles. The van der Waals surface area contributed by atoms with E-state index in [0.717, 1.165) is 0 Å². The monoisotopic (exact) mass is 293 g/mol. The maximum atomic E-state index is 2.52. The minimum absolute atomic E-state index is 0.634. The number of piperidine rings is 1. The average molecular weight is 294 g/mol. The maximum Gasteiger partial charge on any atom is 0.0369 e. The molecule has 1 aliphatic rings. The van der Waals surface area contributed by atoms with Gasteiger partial charge in [0.1, 0.15) is 0 Å². The third-order valence-electron chi connectivity index (χ3n) is 3.26. The molecule has 0 amide bonds. The largest absolute Gasteiger partial charge is 0.372 e. The van der Waals surface area contributed by atoms with Gasteiger partial charge in [-0.25, -0.2) is 0 Å². The van der Waals surface area contributed by atoms with Gasteiger partial charge in [-0.3, -0.25) is 0 Å². The van der Waals surface area contributed by atoms with E-state index in [1.165, 1.54) is 43.6 Å². The number of benzene rings is 1. The fourth-order valence-electron chi connectivity index (χ4n) is 2.23. The van der Waals surface area contributed by atoms with Crippen molar-refractivity contribution in [3.63, 3.8) is 0 Å². The summed E-state index contributed by atoms with van der Waals surface area (Å²) in [5, 5.41) is 0. The highest BCUT2D eigenvalue weighted by molar-refractivity contribution is 5.49. The van der Waals surface area contributed by atoms with Crippen molar-refractivity contribution in [3.8, 4) is 0 Å². The van der Waals surface area contributed by atoms with E-state index in [1.807, 2.05) is 41.5 Å². The molecule has 0 unspecified atom stereocenters. The number of hydrogen-bond donors (Lipinski definition) is 0. The highest BCUT2D eigenvalue weighted by atomic mass is 15.1. The van der Waals surface area contributed by atoms with Crippen molar-refractivity contribution in [3.05, 3.63) is 29.8 Å². The first-order chi connectivity index (χ1) is 10.3. The van der Waals surface area contributed by atoms with Crippen LogP contribution in [0.4, 0.5) is 5.69 Å². The molecule has 124 valence electrons. The summed E-state index contributed by atoms with van der Waals surface area (Å²) in [5.41, 5.74) is 2.87. The van der Waals surface area contributed by atoms with E-state index in [2.05, 4.69) is 43.0 Å². The molecule has 1 saturated heterocycles. The first-order valence-electron chi connectivity index (χ1n) is 9.12. The van der Waals surface area contributed by atoms with Crippen molar-refractivity contribution in [1.29, 1.82) is 0 Å². The molecule has 0 N–H and O–H groups in total. The highest BCUT2D eigenvalue weighted by Gasteiger charge is 2.11. The molecule has 1 fully saturated rings. The topological polar surface area (TPSA) is 3.24 Å².